The summed E-state index contributed by atoms with van der Waals surface area (Å²) in [6, 6.07) is 5.80. The van der Waals surface area contributed by atoms with Crippen LogP contribution in [0.25, 0.3) is 16.8 Å². The predicted molar refractivity (Wildman–Crippen MR) is 87.4 cm³/mol. The summed E-state index contributed by atoms with van der Waals surface area (Å²) in [7, 11) is 0. The zero-order valence-electron chi connectivity index (χ0n) is 12.2. The highest BCUT2D eigenvalue weighted by atomic mass is 32.1. The fourth-order valence-electron chi connectivity index (χ4n) is 2.58. The first-order valence-electron chi connectivity index (χ1n) is 7.28. The first-order chi connectivity index (χ1) is 11.2. The third kappa shape index (κ3) is 2.78. The second-order valence-electron chi connectivity index (χ2n) is 5.42. The van der Waals surface area contributed by atoms with Gasteiger partial charge in [-0.1, -0.05) is 0 Å². The van der Waals surface area contributed by atoms with E-state index in [4.69, 9.17) is 10.5 Å². The minimum Gasteiger partial charge on any atom is -0.379 e. The van der Waals surface area contributed by atoms with Gasteiger partial charge in [0.15, 0.2) is 5.65 Å². The first kappa shape index (κ1) is 14.2. The molecule has 1 atom stereocenters. The van der Waals surface area contributed by atoms with E-state index >= 15 is 0 Å². The Hall–Kier alpha value is -2.45. The number of nitrogens with one attached hydrogen (secondary N) is 1. The smallest absolute Gasteiger partial charge is 0.261 e. The number of nitrogen functional groups attached to an aromatic ring is 1. The number of fused-ring (bicyclic) bond motifs is 1. The molecule has 0 aromatic carbocycles. The van der Waals surface area contributed by atoms with E-state index in [0.717, 1.165) is 17.5 Å². The number of hydrogen-bond donors (Lipinski definition) is 2. The maximum Gasteiger partial charge on any atom is 0.261 e. The van der Waals surface area contributed by atoms with Gasteiger partial charge in [0.2, 0.25) is 5.95 Å². The lowest BCUT2D eigenvalue weighted by Gasteiger charge is -2.08. The van der Waals surface area contributed by atoms with E-state index in [-0.39, 0.29) is 17.9 Å². The molecule has 7 nitrogen and oxygen atoms in total. The number of pyridine rings is 1. The Balaban J connectivity index is 1.56. The molecule has 1 unspecified atom stereocenters. The van der Waals surface area contributed by atoms with Crippen molar-refractivity contribution >= 4 is 28.8 Å². The molecular formula is C15H15N5O2S. The highest BCUT2D eigenvalue weighted by Gasteiger charge is 2.19. The van der Waals surface area contributed by atoms with Crippen molar-refractivity contribution in [2.45, 2.75) is 12.5 Å². The Kier molecular flexibility index (Phi) is 3.47. The average Bonchev–Trinajstić information content (AvgIpc) is 3.25. The van der Waals surface area contributed by atoms with Gasteiger partial charge in [-0.25, -0.2) is 4.52 Å². The van der Waals surface area contributed by atoms with Crippen LogP contribution in [0.1, 0.15) is 16.1 Å². The van der Waals surface area contributed by atoms with Crippen molar-refractivity contribution in [3.8, 4) is 11.1 Å². The average molecular weight is 329 g/mol. The van der Waals surface area contributed by atoms with E-state index in [1.54, 1.807) is 4.52 Å². The molecule has 3 N–H and O–H groups in total. The largest absolute Gasteiger partial charge is 0.379 e. The third-order valence-electron chi connectivity index (χ3n) is 3.77. The van der Waals surface area contributed by atoms with Gasteiger partial charge in [0.05, 0.1) is 17.5 Å². The predicted octanol–water partition coefficient (Wildman–Crippen LogP) is 1.56. The van der Waals surface area contributed by atoms with E-state index < -0.39 is 0 Å². The Bertz CT molecular complexity index is 866. The number of carbonyl (C=O) groups excluding carboxylic acids is 1. The standard InChI is InChI=1S/C15H15N5O2S/c16-15-18-13-2-1-9(6-20(13)19-15)10-5-12(23-8-10)14(21)17-11-3-4-22-7-11/h1-2,5-6,8,11H,3-4,7H2,(H2,16,19)(H,17,21). The summed E-state index contributed by atoms with van der Waals surface area (Å²) < 4.78 is 6.91. The second-order valence-corrected chi connectivity index (χ2v) is 6.34. The Morgan fingerprint density at radius 1 is 1.43 bits per heavy atom. The minimum absolute atomic E-state index is 0.0529. The number of ether oxygens (including phenoxy) is 1. The maximum absolute atomic E-state index is 12.3. The van der Waals surface area contributed by atoms with Crippen LogP contribution in [-0.4, -0.2) is 39.8 Å². The monoisotopic (exact) mass is 329 g/mol. The number of amides is 1. The van der Waals surface area contributed by atoms with Gasteiger partial charge in [-0.2, -0.15) is 4.98 Å². The number of aromatic nitrogens is 3. The van der Waals surface area contributed by atoms with Crippen LogP contribution in [0.3, 0.4) is 0 Å². The van der Waals surface area contributed by atoms with E-state index in [0.29, 0.717) is 23.7 Å². The molecule has 3 aromatic rings. The van der Waals surface area contributed by atoms with Gasteiger partial charge in [-0.15, -0.1) is 16.4 Å². The molecule has 1 amide bonds. The van der Waals surface area contributed by atoms with Crippen LogP contribution in [0.15, 0.2) is 29.8 Å². The zero-order chi connectivity index (χ0) is 15.8. The lowest BCUT2D eigenvalue weighted by molar-refractivity contribution is 0.0934. The molecule has 118 valence electrons. The molecular weight excluding hydrogens is 314 g/mol. The second kappa shape index (κ2) is 5.64. The summed E-state index contributed by atoms with van der Waals surface area (Å²) in [6.07, 6.45) is 2.72. The summed E-state index contributed by atoms with van der Waals surface area (Å²) in [5, 5.41) is 9.06. The summed E-state index contributed by atoms with van der Waals surface area (Å²) >= 11 is 1.42. The molecule has 4 rings (SSSR count). The number of hydrogen-bond acceptors (Lipinski definition) is 6. The number of anilines is 1. The van der Waals surface area contributed by atoms with Crippen molar-refractivity contribution in [3.63, 3.8) is 0 Å². The molecule has 1 saturated heterocycles. The zero-order valence-corrected chi connectivity index (χ0v) is 13.0. The van der Waals surface area contributed by atoms with E-state index in [2.05, 4.69) is 15.4 Å². The molecule has 1 aliphatic heterocycles. The van der Waals surface area contributed by atoms with Gasteiger partial charge in [-0.3, -0.25) is 4.79 Å². The molecule has 0 radical (unpaired) electrons. The number of nitrogens with zero attached hydrogens (tertiary/aromatic N) is 3. The van der Waals surface area contributed by atoms with Gasteiger partial charge in [0, 0.05) is 18.4 Å². The fraction of sp³-hybridized carbons (Fsp3) is 0.267. The number of carbonyl (C=O) groups is 1. The number of thiophene rings is 1. The van der Waals surface area contributed by atoms with Crippen LogP contribution in [0.4, 0.5) is 5.95 Å². The summed E-state index contributed by atoms with van der Waals surface area (Å²) in [4.78, 5) is 17.0. The lowest BCUT2D eigenvalue weighted by Crippen LogP contribution is -2.34. The molecule has 0 aliphatic carbocycles. The Morgan fingerprint density at radius 3 is 3.17 bits per heavy atom. The molecule has 3 aromatic heterocycles. The minimum atomic E-state index is -0.0529. The van der Waals surface area contributed by atoms with Crippen molar-refractivity contribution in [2.24, 2.45) is 0 Å². The van der Waals surface area contributed by atoms with Crippen molar-refractivity contribution in [3.05, 3.63) is 34.7 Å². The van der Waals surface area contributed by atoms with Gasteiger partial charge < -0.3 is 15.8 Å². The van der Waals surface area contributed by atoms with Crippen LogP contribution in [0.5, 0.6) is 0 Å². The Morgan fingerprint density at radius 2 is 2.35 bits per heavy atom. The van der Waals surface area contributed by atoms with Gasteiger partial charge >= 0.3 is 0 Å². The first-order valence-corrected chi connectivity index (χ1v) is 8.16. The van der Waals surface area contributed by atoms with Crippen molar-refractivity contribution in [1.29, 1.82) is 0 Å². The number of rotatable bonds is 3. The quantitative estimate of drug-likeness (QED) is 0.760. The topological polar surface area (TPSA) is 94.5 Å². The van der Waals surface area contributed by atoms with Gasteiger partial charge in [0.1, 0.15) is 0 Å². The summed E-state index contributed by atoms with van der Waals surface area (Å²) in [5.41, 5.74) is 8.22. The highest BCUT2D eigenvalue weighted by molar-refractivity contribution is 7.12. The van der Waals surface area contributed by atoms with E-state index in [1.807, 2.05) is 29.8 Å². The lowest BCUT2D eigenvalue weighted by atomic mass is 10.1. The third-order valence-corrected chi connectivity index (χ3v) is 4.70. The fourth-order valence-corrected chi connectivity index (χ4v) is 3.40. The van der Waals surface area contributed by atoms with Crippen LogP contribution in [-0.2, 0) is 4.74 Å². The van der Waals surface area contributed by atoms with E-state index in [9.17, 15) is 4.79 Å². The molecule has 0 bridgehead atoms. The van der Waals surface area contributed by atoms with Gasteiger partial charge in [0.25, 0.3) is 5.91 Å². The van der Waals surface area contributed by atoms with Crippen molar-refractivity contribution in [2.75, 3.05) is 18.9 Å². The van der Waals surface area contributed by atoms with Crippen molar-refractivity contribution in [1.82, 2.24) is 19.9 Å². The molecule has 1 aliphatic rings. The summed E-state index contributed by atoms with van der Waals surface area (Å²) in [5.74, 6) is 0.189. The SMILES string of the molecule is Nc1nc2ccc(-c3csc(C(=O)NC4CCOC4)c3)cn2n1. The molecule has 0 spiro atoms. The van der Waals surface area contributed by atoms with Crippen LogP contribution < -0.4 is 11.1 Å². The van der Waals surface area contributed by atoms with Crippen LogP contribution in [0, 0.1) is 0 Å². The summed E-state index contributed by atoms with van der Waals surface area (Å²) in [6.45, 7) is 1.30. The van der Waals surface area contributed by atoms with Crippen LogP contribution >= 0.6 is 11.3 Å². The molecule has 23 heavy (non-hydrogen) atoms. The molecule has 1 fully saturated rings. The van der Waals surface area contributed by atoms with Crippen LogP contribution in [0.2, 0.25) is 0 Å². The van der Waals surface area contributed by atoms with Crippen molar-refractivity contribution < 1.29 is 9.53 Å². The number of nitrogens with two attached hydrogens (primary N) is 1. The van der Waals surface area contributed by atoms with E-state index in [1.165, 1.54) is 11.3 Å². The molecule has 4 heterocycles. The maximum atomic E-state index is 12.3. The van der Waals surface area contributed by atoms with Gasteiger partial charge in [-0.05, 0) is 35.6 Å². The normalized spacial score (nSPS) is 17.7. The Labute approximate surface area is 136 Å². The molecule has 0 saturated carbocycles. The molecule has 8 heteroatoms. The highest BCUT2D eigenvalue weighted by Crippen LogP contribution is 2.26.